The molecular weight excluding hydrogens is 158 g/mol. The summed E-state index contributed by atoms with van der Waals surface area (Å²) in [4.78, 5) is 16.3. The van der Waals surface area contributed by atoms with Crippen LogP contribution in [0.25, 0.3) is 0 Å². The predicted molar refractivity (Wildman–Crippen MR) is 43.3 cm³/mol. The summed E-state index contributed by atoms with van der Waals surface area (Å²) in [5, 5.41) is 1.26. The second-order valence-electron chi connectivity index (χ2n) is 3.14. The Kier molecular flexibility index (Phi) is 3.05. The molecule has 0 aromatic heterocycles. The Morgan fingerprint density at radius 2 is 2.25 bits per heavy atom. The van der Waals surface area contributed by atoms with Gasteiger partial charge in [0.25, 0.3) is 5.91 Å². The van der Waals surface area contributed by atoms with Gasteiger partial charge in [0.05, 0.1) is 26.2 Å². The van der Waals surface area contributed by atoms with Crippen molar-refractivity contribution < 1.29 is 14.4 Å². The molecule has 1 amide bonds. The monoisotopic (exact) mass is 173 g/mol. The summed E-state index contributed by atoms with van der Waals surface area (Å²) in [6.45, 7) is 3.21. The number of rotatable bonds is 2. The molecule has 0 aliphatic carbocycles. The highest BCUT2D eigenvalue weighted by Crippen LogP contribution is 2.21. The van der Waals surface area contributed by atoms with Crippen LogP contribution in [0.15, 0.2) is 0 Å². The Morgan fingerprint density at radius 3 is 2.67 bits per heavy atom. The van der Waals surface area contributed by atoms with Crippen molar-refractivity contribution in [1.82, 2.24) is 5.06 Å². The highest BCUT2D eigenvalue weighted by molar-refractivity contribution is 5.78. The zero-order valence-electron chi connectivity index (χ0n) is 7.74. The second-order valence-corrected chi connectivity index (χ2v) is 3.14. The Bertz CT molecular complexity index is 172. The third-order valence-corrected chi connectivity index (χ3v) is 2.27. The molecule has 0 aromatic rings. The molecule has 1 aliphatic heterocycles. The van der Waals surface area contributed by atoms with Crippen LogP contribution in [0.2, 0.25) is 0 Å². The van der Waals surface area contributed by atoms with Crippen molar-refractivity contribution in [1.29, 1.82) is 0 Å². The maximum atomic E-state index is 11.5. The zero-order chi connectivity index (χ0) is 9.14. The fourth-order valence-corrected chi connectivity index (χ4v) is 1.30. The molecule has 1 rings (SSSR count). The van der Waals surface area contributed by atoms with E-state index in [1.165, 1.54) is 12.2 Å². The summed E-state index contributed by atoms with van der Waals surface area (Å²) in [7, 11) is 3.10. The first-order valence-corrected chi connectivity index (χ1v) is 4.06. The first kappa shape index (κ1) is 9.48. The zero-order valence-corrected chi connectivity index (χ0v) is 7.74. The standard InChI is InChI=1S/C8H15NO3/c1-6-4-12-5-7(6)8(10)9(2)11-3/h6-7H,4-5H2,1-3H3/t6-,7-/m0/s1. The van der Waals surface area contributed by atoms with E-state index in [-0.39, 0.29) is 11.8 Å². The largest absolute Gasteiger partial charge is 0.380 e. The molecule has 2 atom stereocenters. The van der Waals surface area contributed by atoms with E-state index in [2.05, 4.69) is 0 Å². The van der Waals surface area contributed by atoms with Crippen LogP contribution in [-0.4, -0.2) is 38.3 Å². The number of carbonyl (C=O) groups is 1. The van der Waals surface area contributed by atoms with Gasteiger partial charge in [0.1, 0.15) is 0 Å². The van der Waals surface area contributed by atoms with Crippen LogP contribution in [0, 0.1) is 11.8 Å². The van der Waals surface area contributed by atoms with Crippen molar-refractivity contribution in [2.75, 3.05) is 27.4 Å². The molecular formula is C8H15NO3. The summed E-state index contributed by atoms with van der Waals surface area (Å²) in [5.74, 6) is 0.271. The molecule has 1 fully saturated rings. The third kappa shape index (κ3) is 1.76. The first-order chi connectivity index (χ1) is 5.66. The summed E-state index contributed by atoms with van der Waals surface area (Å²) in [6.07, 6.45) is 0. The van der Waals surface area contributed by atoms with E-state index in [1.807, 2.05) is 6.92 Å². The minimum absolute atomic E-state index is 0.00231. The van der Waals surface area contributed by atoms with E-state index < -0.39 is 0 Å². The Morgan fingerprint density at radius 1 is 1.58 bits per heavy atom. The van der Waals surface area contributed by atoms with Crippen molar-refractivity contribution in [3.05, 3.63) is 0 Å². The van der Waals surface area contributed by atoms with E-state index in [0.29, 0.717) is 19.1 Å². The van der Waals surface area contributed by atoms with Gasteiger partial charge >= 0.3 is 0 Å². The smallest absolute Gasteiger partial charge is 0.251 e. The van der Waals surface area contributed by atoms with E-state index in [9.17, 15) is 4.79 Å². The molecule has 0 unspecified atom stereocenters. The second kappa shape index (κ2) is 3.87. The fourth-order valence-electron chi connectivity index (χ4n) is 1.30. The van der Waals surface area contributed by atoms with Crippen molar-refractivity contribution in [2.45, 2.75) is 6.92 Å². The van der Waals surface area contributed by atoms with Crippen molar-refractivity contribution in [2.24, 2.45) is 11.8 Å². The van der Waals surface area contributed by atoms with Crippen LogP contribution in [0.4, 0.5) is 0 Å². The number of ether oxygens (including phenoxy) is 1. The topological polar surface area (TPSA) is 38.8 Å². The van der Waals surface area contributed by atoms with E-state index in [0.717, 1.165) is 0 Å². The first-order valence-electron chi connectivity index (χ1n) is 4.06. The molecule has 0 aromatic carbocycles. The van der Waals surface area contributed by atoms with Crippen molar-refractivity contribution in [3.8, 4) is 0 Å². The van der Waals surface area contributed by atoms with Gasteiger partial charge in [-0.25, -0.2) is 5.06 Å². The summed E-state index contributed by atoms with van der Waals surface area (Å²) in [5.41, 5.74) is 0. The summed E-state index contributed by atoms with van der Waals surface area (Å²) >= 11 is 0. The maximum absolute atomic E-state index is 11.5. The van der Waals surface area contributed by atoms with Crippen LogP contribution in [0.3, 0.4) is 0 Å². The lowest BCUT2D eigenvalue weighted by molar-refractivity contribution is -0.174. The molecule has 0 saturated carbocycles. The van der Waals surface area contributed by atoms with Crippen molar-refractivity contribution in [3.63, 3.8) is 0 Å². The predicted octanol–water partition coefficient (Wildman–Crippen LogP) is 0.289. The molecule has 4 nitrogen and oxygen atoms in total. The van der Waals surface area contributed by atoms with Crippen LogP contribution < -0.4 is 0 Å². The Labute approximate surface area is 72.4 Å². The number of carbonyl (C=O) groups excluding carboxylic acids is 1. The highest BCUT2D eigenvalue weighted by atomic mass is 16.7. The highest BCUT2D eigenvalue weighted by Gasteiger charge is 2.32. The molecule has 0 radical (unpaired) electrons. The number of hydrogen-bond acceptors (Lipinski definition) is 3. The molecule has 70 valence electrons. The van der Waals surface area contributed by atoms with Gasteiger partial charge in [0.2, 0.25) is 0 Å². The van der Waals surface area contributed by atoms with Crippen LogP contribution in [0.5, 0.6) is 0 Å². The third-order valence-electron chi connectivity index (χ3n) is 2.27. The molecule has 1 saturated heterocycles. The number of hydrogen-bond donors (Lipinski definition) is 0. The van der Waals surface area contributed by atoms with Gasteiger partial charge in [-0.1, -0.05) is 6.92 Å². The number of hydroxylamine groups is 2. The van der Waals surface area contributed by atoms with Crippen LogP contribution >= 0.6 is 0 Å². The average molecular weight is 173 g/mol. The van der Waals surface area contributed by atoms with Crippen LogP contribution in [0.1, 0.15) is 6.92 Å². The lowest BCUT2D eigenvalue weighted by Gasteiger charge is -2.19. The van der Waals surface area contributed by atoms with E-state index in [1.54, 1.807) is 7.05 Å². The van der Waals surface area contributed by atoms with Gasteiger partial charge in [-0.2, -0.15) is 0 Å². The molecule has 0 spiro atoms. The molecule has 1 aliphatic rings. The van der Waals surface area contributed by atoms with E-state index in [4.69, 9.17) is 9.57 Å². The lowest BCUT2D eigenvalue weighted by Crippen LogP contribution is -2.34. The van der Waals surface area contributed by atoms with Gasteiger partial charge in [0, 0.05) is 7.05 Å². The van der Waals surface area contributed by atoms with E-state index >= 15 is 0 Å². The summed E-state index contributed by atoms with van der Waals surface area (Å²) < 4.78 is 5.18. The van der Waals surface area contributed by atoms with Gasteiger partial charge in [-0.3, -0.25) is 9.63 Å². The molecule has 1 heterocycles. The lowest BCUT2D eigenvalue weighted by atomic mass is 9.97. The van der Waals surface area contributed by atoms with Crippen LogP contribution in [-0.2, 0) is 14.4 Å². The number of nitrogens with zero attached hydrogens (tertiary/aromatic N) is 1. The Hall–Kier alpha value is -0.610. The minimum Gasteiger partial charge on any atom is -0.380 e. The van der Waals surface area contributed by atoms with Gasteiger partial charge in [-0.05, 0) is 5.92 Å². The SMILES string of the molecule is CON(C)C(=O)[C@H]1COC[C@@H]1C. The maximum Gasteiger partial charge on any atom is 0.251 e. The number of amides is 1. The summed E-state index contributed by atoms with van der Waals surface area (Å²) in [6, 6.07) is 0. The average Bonchev–Trinajstić information content (AvgIpc) is 2.48. The normalized spacial score (nSPS) is 28.9. The van der Waals surface area contributed by atoms with Gasteiger partial charge < -0.3 is 4.74 Å². The fraction of sp³-hybridized carbons (Fsp3) is 0.875. The quantitative estimate of drug-likeness (QED) is 0.563. The minimum atomic E-state index is -0.0325. The molecule has 0 N–H and O–H groups in total. The molecule has 12 heavy (non-hydrogen) atoms. The van der Waals surface area contributed by atoms with Gasteiger partial charge in [0.15, 0.2) is 0 Å². The van der Waals surface area contributed by atoms with Gasteiger partial charge in [-0.15, -0.1) is 0 Å². The van der Waals surface area contributed by atoms with Crippen molar-refractivity contribution >= 4 is 5.91 Å². The molecule has 0 bridgehead atoms. The Balaban J connectivity index is 2.51. The molecule has 4 heteroatoms.